The van der Waals surface area contributed by atoms with E-state index in [0.717, 1.165) is 11.5 Å². The first kappa shape index (κ1) is 14.3. The monoisotopic (exact) mass is 314 g/mol. The summed E-state index contributed by atoms with van der Waals surface area (Å²) in [6.07, 6.45) is 1.64. The predicted molar refractivity (Wildman–Crippen MR) is 87.6 cm³/mol. The lowest BCUT2D eigenvalue weighted by Gasteiger charge is -2.14. The quantitative estimate of drug-likeness (QED) is 0.697. The molecule has 22 heavy (non-hydrogen) atoms. The molecule has 1 N–H and O–H groups in total. The topological polar surface area (TPSA) is 54.7 Å². The van der Waals surface area contributed by atoms with Crippen LogP contribution in [0.2, 0.25) is 0 Å². The van der Waals surface area contributed by atoms with Gasteiger partial charge >= 0.3 is 0 Å². The van der Waals surface area contributed by atoms with Gasteiger partial charge in [0.15, 0.2) is 5.11 Å². The average Bonchev–Trinajstić information content (AvgIpc) is 3.03. The fourth-order valence-electron chi connectivity index (χ4n) is 2.17. The van der Waals surface area contributed by atoms with Crippen molar-refractivity contribution in [3.05, 3.63) is 53.6 Å². The van der Waals surface area contributed by atoms with Crippen LogP contribution < -0.4 is 15.0 Å². The Balaban J connectivity index is 1.89. The van der Waals surface area contributed by atoms with Gasteiger partial charge in [-0.3, -0.25) is 9.69 Å². The van der Waals surface area contributed by atoms with Crippen molar-refractivity contribution < 1.29 is 13.9 Å². The van der Waals surface area contributed by atoms with Crippen LogP contribution in [-0.4, -0.2) is 18.1 Å². The number of aryl methyl sites for hydroxylation is 1. The number of amides is 1. The number of hydrogen-bond donors (Lipinski definition) is 1. The average molecular weight is 314 g/mol. The van der Waals surface area contributed by atoms with Crippen molar-refractivity contribution in [3.8, 4) is 5.75 Å². The maximum atomic E-state index is 12.5. The molecule has 5 nitrogen and oxygen atoms in total. The van der Waals surface area contributed by atoms with Gasteiger partial charge in [0.1, 0.15) is 23.0 Å². The molecule has 3 rings (SSSR count). The Bertz CT molecular complexity index is 762. The van der Waals surface area contributed by atoms with E-state index in [1.54, 1.807) is 43.5 Å². The van der Waals surface area contributed by atoms with Gasteiger partial charge in [-0.15, -0.1) is 0 Å². The Morgan fingerprint density at radius 3 is 2.55 bits per heavy atom. The van der Waals surface area contributed by atoms with Gasteiger partial charge in [0.2, 0.25) is 0 Å². The highest BCUT2D eigenvalue weighted by atomic mass is 32.1. The molecule has 6 heteroatoms. The van der Waals surface area contributed by atoms with E-state index in [1.807, 2.05) is 13.0 Å². The van der Waals surface area contributed by atoms with E-state index in [0.29, 0.717) is 22.3 Å². The van der Waals surface area contributed by atoms with Crippen molar-refractivity contribution >= 4 is 35.0 Å². The maximum absolute atomic E-state index is 12.5. The molecule has 1 aromatic carbocycles. The largest absolute Gasteiger partial charge is 0.497 e. The highest BCUT2D eigenvalue weighted by molar-refractivity contribution is 7.80. The fourth-order valence-corrected chi connectivity index (χ4v) is 2.47. The number of furan rings is 1. The number of methoxy groups -OCH3 is 1. The number of nitrogens with one attached hydrogen (secondary N) is 1. The first-order chi connectivity index (χ1) is 10.6. The molecule has 112 valence electrons. The van der Waals surface area contributed by atoms with Gasteiger partial charge in [-0.25, -0.2) is 0 Å². The van der Waals surface area contributed by atoms with Crippen molar-refractivity contribution in [2.24, 2.45) is 0 Å². The minimum absolute atomic E-state index is 0.218. The molecule has 0 atom stereocenters. The first-order valence-electron chi connectivity index (χ1n) is 6.66. The number of carbonyl (C=O) groups is 1. The molecule has 1 aliphatic rings. The van der Waals surface area contributed by atoms with E-state index in [-0.39, 0.29) is 5.91 Å². The molecule has 0 spiro atoms. The summed E-state index contributed by atoms with van der Waals surface area (Å²) < 4.78 is 10.6. The van der Waals surface area contributed by atoms with Gasteiger partial charge in [0.05, 0.1) is 12.8 Å². The normalized spacial score (nSPS) is 16.3. The van der Waals surface area contributed by atoms with E-state index in [9.17, 15) is 4.79 Å². The summed E-state index contributed by atoms with van der Waals surface area (Å²) in [5, 5.41) is 3.25. The van der Waals surface area contributed by atoms with E-state index in [4.69, 9.17) is 21.4 Å². The molecule has 0 unspecified atom stereocenters. The van der Waals surface area contributed by atoms with Crippen molar-refractivity contribution in [1.82, 2.24) is 5.32 Å². The van der Waals surface area contributed by atoms with Crippen LogP contribution in [0.15, 0.2) is 46.5 Å². The Morgan fingerprint density at radius 2 is 1.95 bits per heavy atom. The van der Waals surface area contributed by atoms with Gasteiger partial charge in [0, 0.05) is 6.08 Å². The van der Waals surface area contributed by atoms with Crippen LogP contribution >= 0.6 is 12.2 Å². The summed E-state index contributed by atoms with van der Waals surface area (Å²) in [5.41, 5.74) is 1.07. The molecule has 1 aromatic heterocycles. The van der Waals surface area contributed by atoms with Gasteiger partial charge in [0.25, 0.3) is 5.91 Å². The van der Waals surface area contributed by atoms with Crippen LogP contribution in [0.5, 0.6) is 5.75 Å². The third-order valence-electron chi connectivity index (χ3n) is 3.26. The highest BCUT2D eigenvalue weighted by Gasteiger charge is 2.32. The number of nitrogens with zero attached hydrogens (tertiary/aromatic N) is 1. The summed E-state index contributed by atoms with van der Waals surface area (Å²) >= 11 is 5.25. The second-order valence-electron chi connectivity index (χ2n) is 4.78. The van der Waals surface area contributed by atoms with Gasteiger partial charge in [-0.1, -0.05) is 0 Å². The predicted octanol–water partition coefficient (Wildman–Crippen LogP) is 2.86. The summed E-state index contributed by atoms with van der Waals surface area (Å²) in [4.78, 5) is 14.0. The second kappa shape index (κ2) is 5.65. The van der Waals surface area contributed by atoms with Crippen molar-refractivity contribution in [3.63, 3.8) is 0 Å². The van der Waals surface area contributed by atoms with E-state index < -0.39 is 0 Å². The van der Waals surface area contributed by atoms with Crippen molar-refractivity contribution in [2.75, 3.05) is 12.0 Å². The maximum Gasteiger partial charge on any atom is 0.281 e. The smallest absolute Gasteiger partial charge is 0.281 e. The summed E-state index contributed by atoms with van der Waals surface area (Å²) in [5.74, 6) is 1.89. The van der Waals surface area contributed by atoms with Crippen LogP contribution in [0.25, 0.3) is 6.08 Å². The number of ether oxygens (including phenoxy) is 1. The molecule has 2 aromatic rings. The van der Waals surface area contributed by atoms with Crippen LogP contribution in [0.3, 0.4) is 0 Å². The first-order valence-corrected chi connectivity index (χ1v) is 7.07. The lowest BCUT2D eigenvalue weighted by Crippen LogP contribution is -2.30. The van der Waals surface area contributed by atoms with E-state index in [1.165, 1.54) is 4.90 Å². The molecule has 1 amide bonds. The molecule has 1 saturated heterocycles. The minimum atomic E-state index is -0.218. The summed E-state index contributed by atoms with van der Waals surface area (Å²) in [7, 11) is 1.59. The molecule has 1 fully saturated rings. The molecule has 2 heterocycles. The number of carbonyl (C=O) groups excluding carboxylic acids is 1. The van der Waals surface area contributed by atoms with Crippen LogP contribution in [0.4, 0.5) is 5.69 Å². The Hall–Kier alpha value is -2.60. The van der Waals surface area contributed by atoms with Gasteiger partial charge in [-0.2, -0.15) is 0 Å². The van der Waals surface area contributed by atoms with Crippen molar-refractivity contribution in [2.45, 2.75) is 6.92 Å². The third-order valence-corrected chi connectivity index (χ3v) is 3.54. The molecule has 1 aliphatic heterocycles. The number of anilines is 1. The number of rotatable bonds is 3. The Labute approximate surface area is 133 Å². The van der Waals surface area contributed by atoms with E-state index in [2.05, 4.69) is 5.32 Å². The minimum Gasteiger partial charge on any atom is -0.497 e. The molecule has 0 aliphatic carbocycles. The fraction of sp³-hybridized carbons (Fsp3) is 0.125. The summed E-state index contributed by atoms with van der Waals surface area (Å²) in [6, 6.07) is 10.8. The molecule has 0 saturated carbocycles. The van der Waals surface area contributed by atoms with Crippen LogP contribution in [0, 0.1) is 6.92 Å². The third kappa shape index (κ3) is 2.60. The van der Waals surface area contributed by atoms with Crippen LogP contribution in [-0.2, 0) is 4.79 Å². The number of benzene rings is 1. The lowest BCUT2D eigenvalue weighted by molar-refractivity contribution is -0.113. The van der Waals surface area contributed by atoms with Gasteiger partial charge < -0.3 is 14.5 Å². The zero-order valence-corrected chi connectivity index (χ0v) is 12.9. The molecular weight excluding hydrogens is 300 g/mol. The zero-order chi connectivity index (χ0) is 15.7. The highest BCUT2D eigenvalue weighted by Crippen LogP contribution is 2.25. The number of hydrogen-bond acceptors (Lipinski definition) is 4. The van der Waals surface area contributed by atoms with Crippen LogP contribution in [0.1, 0.15) is 11.5 Å². The molecule has 0 radical (unpaired) electrons. The second-order valence-corrected chi connectivity index (χ2v) is 5.16. The molecule has 0 bridgehead atoms. The molecular formula is C16H14N2O3S. The lowest BCUT2D eigenvalue weighted by atomic mass is 10.2. The Kier molecular flexibility index (Phi) is 3.68. The SMILES string of the molecule is COc1ccc(N2C(=O)/C(=C/c3ccc(C)o3)NC2=S)cc1. The summed E-state index contributed by atoms with van der Waals surface area (Å²) in [6.45, 7) is 1.85. The van der Waals surface area contributed by atoms with Gasteiger partial charge in [-0.05, 0) is 55.5 Å². The number of thiocarbonyl (C=S) groups is 1. The standard InChI is InChI=1S/C16H14N2O3S/c1-10-3-6-13(21-10)9-14-15(19)18(16(22)17-14)11-4-7-12(20-2)8-5-11/h3-9H,1-2H3,(H,17,22)/b14-9-. The zero-order valence-electron chi connectivity index (χ0n) is 12.1. The Morgan fingerprint density at radius 1 is 1.23 bits per heavy atom. The van der Waals surface area contributed by atoms with E-state index >= 15 is 0 Å². The van der Waals surface area contributed by atoms with Crippen molar-refractivity contribution in [1.29, 1.82) is 0 Å².